The standard InChI is InChI=1S/C19H21NO5S/c1-14-2-4-15(5-3-14)19-13-20(8-9-23-19)26(21,22)16-6-7-17-18(12-16)25-11-10-24-17/h2-7,12,19H,8-11,13H2,1H3. The number of benzene rings is 2. The molecule has 0 aliphatic carbocycles. The average Bonchev–Trinajstić information content (AvgIpc) is 2.68. The number of sulfonamides is 1. The van der Waals surface area contributed by atoms with Crippen LogP contribution in [0.5, 0.6) is 11.5 Å². The molecule has 0 amide bonds. The highest BCUT2D eigenvalue weighted by Crippen LogP contribution is 2.34. The van der Waals surface area contributed by atoms with Crippen LogP contribution in [-0.2, 0) is 14.8 Å². The smallest absolute Gasteiger partial charge is 0.243 e. The molecule has 6 nitrogen and oxygen atoms in total. The van der Waals surface area contributed by atoms with Crippen molar-refractivity contribution < 1.29 is 22.6 Å². The minimum atomic E-state index is -3.63. The van der Waals surface area contributed by atoms with Crippen LogP contribution in [0.2, 0.25) is 0 Å². The lowest BCUT2D eigenvalue weighted by molar-refractivity contribution is -0.00256. The van der Waals surface area contributed by atoms with Crippen molar-refractivity contribution in [3.05, 3.63) is 53.6 Å². The highest BCUT2D eigenvalue weighted by Gasteiger charge is 2.32. The van der Waals surface area contributed by atoms with Crippen LogP contribution in [0, 0.1) is 6.92 Å². The van der Waals surface area contributed by atoms with Gasteiger partial charge in [0.25, 0.3) is 0 Å². The van der Waals surface area contributed by atoms with Gasteiger partial charge in [-0.1, -0.05) is 29.8 Å². The molecule has 0 saturated carbocycles. The molecule has 0 radical (unpaired) electrons. The Hall–Kier alpha value is -2.09. The fraction of sp³-hybridized carbons (Fsp3) is 0.368. The average molecular weight is 375 g/mol. The minimum absolute atomic E-state index is 0.214. The zero-order chi connectivity index (χ0) is 18.1. The number of nitrogens with zero attached hydrogens (tertiary/aromatic N) is 1. The van der Waals surface area contributed by atoms with Gasteiger partial charge in [-0.15, -0.1) is 0 Å². The SMILES string of the molecule is Cc1ccc(C2CN(S(=O)(=O)c3ccc4c(c3)OCCO4)CCO2)cc1. The number of morpholine rings is 1. The molecule has 4 rings (SSSR count). The lowest BCUT2D eigenvalue weighted by Gasteiger charge is -2.32. The molecule has 2 aromatic carbocycles. The van der Waals surface area contributed by atoms with Gasteiger partial charge in [-0.05, 0) is 24.6 Å². The zero-order valence-corrected chi connectivity index (χ0v) is 15.4. The summed E-state index contributed by atoms with van der Waals surface area (Å²) in [5, 5.41) is 0. The number of rotatable bonds is 3. The van der Waals surface area contributed by atoms with E-state index in [4.69, 9.17) is 14.2 Å². The summed E-state index contributed by atoms with van der Waals surface area (Å²) in [7, 11) is -3.63. The molecule has 138 valence electrons. The molecular formula is C19H21NO5S. The lowest BCUT2D eigenvalue weighted by atomic mass is 10.1. The van der Waals surface area contributed by atoms with Gasteiger partial charge in [-0.25, -0.2) is 8.42 Å². The summed E-state index contributed by atoms with van der Waals surface area (Å²) in [4.78, 5) is 0.214. The predicted molar refractivity (Wildman–Crippen MR) is 96.1 cm³/mol. The maximum absolute atomic E-state index is 13.1. The maximum atomic E-state index is 13.1. The summed E-state index contributed by atoms with van der Waals surface area (Å²) in [5.41, 5.74) is 2.14. The van der Waals surface area contributed by atoms with Crippen molar-refractivity contribution in [3.8, 4) is 11.5 Å². The van der Waals surface area contributed by atoms with E-state index in [1.54, 1.807) is 18.2 Å². The normalized spacial score (nSPS) is 20.7. The van der Waals surface area contributed by atoms with Crippen LogP contribution in [0.1, 0.15) is 17.2 Å². The topological polar surface area (TPSA) is 65.1 Å². The Balaban J connectivity index is 1.58. The first-order chi connectivity index (χ1) is 12.5. The van der Waals surface area contributed by atoms with Crippen LogP contribution in [-0.4, -0.2) is 45.6 Å². The van der Waals surface area contributed by atoms with Gasteiger partial charge in [-0.2, -0.15) is 4.31 Å². The molecule has 2 aromatic rings. The molecule has 2 heterocycles. The van der Waals surface area contributed by atoms with E-state index >= 15 is 0 Å². The first-order valence-corrected chi connectivity index (χ1v) is 10.1. The third kappa shape index (κ3) is 3.30. The second-order valence-corrected chi connectivity index (χ2v) is 8.38. The van der Waals surface area contributed by atoms with E-state index in [2.05, 4.69) is 0 Å². The summed E-state index contributed by atoms with van der Waals surface area (Å²) >= 11 is 0. The zero-order valence-electron chi connectivity index (χ0n) is 14.6. The Morgan fingerprint density at radius 3 is 2.46 bits per heavy atom. The molecule has 1 fully saturated rings. The van der Waals surface area contributed by atoms with Gasteiger partial charge in [-0.3, -0.25) is 0 Å². The number of aryl methyl sites for hydroxylation is 1. The predicted octanol–water partition coefficient (Wildman–Crippen LogP) is 2.53. The highest BCUT2D eigenvalue weighted by molar-refractivity contribution is 7.89. The Labute approximate surface area is 153 Å². The van der Waals surface area contributed by atoms with E-state index in [0.29, 0.717) is 44.4 Å². The second kappa shape index (κ2) is 6.90. The van der Waals surface area contributed by atoms with E-state index in [0.717, 1.165) is 11.1 Å². The van der Waals surface area contributed by atoms with Gasteiger partial charge in [0.2, 0.25) is 10.0 Å². The third-order valence-electron chi connectivity index (χ3n) is 4.63. The number of ether oxygens (including phenoxy) is 3. The van der Waals surface area contributed by atoms with E-state index in [-0.39, 0.29) is 11.0 Å². The fourth-order valence-electron chi connectivity index (χ4n) is 3.16. The van der Waals surface area contributed by atoms with Gasteiger partial charge < -0.3 is 14.2 Å². The third-order valence-corrected chi connectivity index (χ3v) is 6.49. The van der Waals surface area contributed by atoms with Gasteiger partial charge in [0.15, 0.2) is 11.5 Å². The van der Waals surface area contributed by atoms with Gasteiger partial charge >= 0.3 is 0 Å². The first-order valence-electron chi connectivity index (χ1n) is 8.62. The Bertz CT molecular complexity index is 895. The molecule has 1 saturated heterocycles. The molecule has 0 spiro atoms. The number of hydrogen-bond acceptors (Lipinski definition) is 5. The quantitative estimate of drug-likeness (QED) is 0.825. The van der Waals surface area contributed by atoms with Gasteiger partial charge in [0.05, 0.1) is 17.6 Å². The number of fused-ring (bicyclic) bond motifs is 1. The van der Waals surface area contributed by atoms with Crippen molar-refractivity contribution in [3.63, 3.8) is 0 Å². The lowest BCUT2D eigenvalue weighted by Crippen LogP contribution is -2.42. The molecule has 1 unspecified atom stereocenters. The van der Waals surface area contributed by atoms with Crippen LogP contribution in [0.4, 0.5) is 0 Å². The molecule has 0 N–H and O–H groups in total. The largest absolute Gasteiger partial charge is 0.486 e. The first kappa shape index (κ1) is 17.3. The molecule has 1 atom stereocenters. The summed E-state index contributed by atoms with van der Waals surface area (Å²) < 4.78 is 44.4. The monoisotopic (exact) mass is 375 g/mol. The van der Waals surface area contributed by atoms with Crippen LogP contribution >= 0.6 is 0 Å². The molecular weight excluding hydrogens is 354 g/mol. The fourth-order valence-corrected chi connectivity index (χ4v) is 4.60. The van der Waals surface area contributed by atoms with Crippen molar-refractivity contribution in [1.29, 1.82) is 0 Å². The molecule has 26 heavy (non-hydrogen) atoms. The van der Waals surface area contributed by atoms with Crippen LogP contribution in [0.3, 0.4) is 0 Å². The molecule has 7 heteroatoms. The summed E-state index contributed by atoms with van der Waals surface area (Å²) in [5.74, 6) is 1.05. The van der Waals surface area contributed by atoms with Crippen LogP contribution in [0.15, 0.2) is 47.4 Å². The van der Waals surface area contributed by atoms with Gasteiger partial charge in [0, 0.05) is 19.2 Å². The highest BCUT2D eigenvalue weighted by atomic mass is 32.2. The summed E-state index contributed by atoms with van der Waals surface area (Å²) in [6, 6.07) is 12.7. The van der Waals surface area contributed by atoms with Crippen molar-refractivity contribution in [1.82, 2.24) is 4.31 Å². The number of hydrogen-bond donors (Lipinski definition) is 0. The molecule has 2 aliphatic heterocycles. The minimum Gasteiger partial charge on any atom is -0.486 e. The molecule has 0 bridgehead atoms. The summed E-state index contributed by atoms with van der Waals surface area (Å²) in [6.45, 7) is 3.90. The van der Waals surface area contributed by atoms with Crippen molar-refractivity contribution in [2.24, 2.45) is 0 Å². The van der Waals surface area contributed by atoms with Crippen molar-refractivity contribution >= 4 is 10.0 Å². The van der Waals surface area contributed by atoms with E-state index in [1.165, 1.54) is 4.31 Å². The Morgan fingerprint density at radius 1 is 0.962 bits per heavy atom. The van der Waals surface area contributed by atoms with E-state index in [9.17, 15) is 8.42 Å². The summed E-state index contributed by atoms with van der Waals surface area (Å²) in [6.07, 6.45) is -0.267. The van der Waals surface area contributed by atoms with Crippen molar-refractivity contribution in [2.45, 2.75) is 17.9 Å². The van der Waals surface area contributed by atoms with Crippen molar-refractivity contribution in [2.75, 3.05) is 32.9 Å². The molecule has 2 aliphatic rings. The Kier molecular flexibility index (Phi) is 4.60. The van der Waals surface area contributed by atoms with E-state index < -0.39 is 10.0 Å². The van der Waals surface area contributed by atoms with Gasteiger partial charge in [0.1, 0.15) is 13.2 Å². The van der Waals surface area contributed by atoms with Crippen LogP contribution < -0.4 is 9.47 Å². The maximum Gasteiger partial charge on any atom is 0.243 e. The van der Waals surface area contributed by atoms with Crippen LogP contribution in [0.25, 0.3) is 0 Å². The Morgan fingerprint density at radius 2 is 1.69 bits per heavy atom. The van der Waals surface area contributed by atoms with E-state index in [1.807, 2.05) is 31.2 Å². The molecule has 0 aromatic heterocycles. The second-order valence-electron chi connectivity index (χ2n) is 6.44.